The van der Waals surface area contributed by atoms with Crippen molar-refractivity contribution >= 4 is 0 Å². The Morgan fingerprint density at radius 1 is 1.26 bits per heavy atom. The number of nitrogens with zero attached hydrogens (tertiary/aromatic N) is 1. The topological polar surface area (TPSA) is 29.3 Å². The first-order chi connectivity index (χ1) is 8.77. The van der Waals surface area contributed by atoms with Gasteiger partial charge in [0.05, 0.1) is 5.92 Å². The highest BCUT2D eigenvalue weighted by atomic mass is 19.4. The highest BCUT2D eigenvalue weighted by molar-refractivity contribution is 5.20. The summed E-state index contributed by atoms with van der Waals surface area (Å²) in [6.07, 6.45) is -4.34. The Morgan fingerprint density at radius 2 is 1.84 bits per heavy atom. The molecule has 0 radical (unpaired) electrons. The maximum Gasteiger partial charge on any atom is 0.394 e. The van der Waals surface area contributed by atoms with E-state index >= 15 is 0 Å². The van der Waals surface area contributed by atoms with Gasteiger partial charge in [-0.25, -0.2) is 4.39 Å². The van der Waals surface area contributed by atoms with E-state index in [2.05, 4.69) is 0 Å². The van der Waals surface area contributed by atoms with Gasteiger partial charge < -0.3 is 5.73 Å². The van der Waals surface area contributed by atoms with Crippen LogP contribution in [0.4, 0.5) is 17.6 Å². The molecule has 0 spiro atoms. The molecule has 2 atom stereocenters. The first-order valence-corrected chi connectivity index (χ1v) is 5.98. The van der Waals surface area contributed by atoms with Crippen LogP contribution < -0.4 is 5.73 Å². The lowest BCUT2D eigenvalue weighted by atomic mass is 10.0. The summed E-state index contributed by atoms with van der Waals surface area (Å²) in [7, 11) is 1.53. The molecule has 0 heterocycles. The maximum atomic E-state index is 13.6. The Labute approximate surface area is 110 Å². The molecule has 1 aromatic carbocycles. The van der Waals surface area contributed by atoms with Crippen molar-refractivity contribution in [2.24, 2.45) is 11.7 Å². The maximum absolute atomic E-state index is 13.6. The molecule has 0 aliphatic carbocycles. The second kappa shape index (κ2) is 6.34. The van der Waals surface area contributed by atoms with Crippen LogP contribution >= 0.6 is 0 Å². The Morgan fingerprint density at radius 3 is 2.32 bits per heavy atom. The van der Waals surface area contributed by atoms with E-state index in [4.69, 9.17) is 5.73 Å². The Balaban J connectivity index is 2.78. The fourth-order valence-corrected chi connectivity index (χ4v) is 1.87. The zero-order chi connectivity index (χ0) is 14.6. The van der Waals surface area contributed by atoms with Gasteiger partial charge in [-0.15, -0.1) is 0 Å². The zero-order valence-corrected chi connectivity index (χ0v) is 10.9. The van der Waals surface area contributed by atoms with Crippen LogP contribution in [0.15, 0.2) is 24.3 Å². The smallest absolute Gasteiger partial charge is 0.330 e. The third kappa shape index (κ3) is 4.18. The lowest BCUT2D eigenvalue weighted by molar-refractivity contribution is -0.176. The summed E-state index contributed by atoms with van der Waals surface area (Å²) < 4.78 is 51.5. The molecule has 1 rings (SSSR count). The SMILES string of the molecule is CC(c1ccccc1F)N(C)CC(CN)C(F)(F)F. The molecule has 0 aliphatic rings. The molecule has 2 unspecified atom stereocenters. The molecule has 0 fully saturated rings. The van der Waals surface area contributed by atoms with E-state index in [-0.39, 0.29) is 6.54 Å². The van der Waals surface area contributed by atoms with Crippen LogP contribution in [0.1, 0.15) is 18.5 Å². The molecule has 0 aliphatic heterocycles. The number of hydrogen-bond acceptors (Lipinski definition) is 2. The minimum Gasteiger partial charge on any atom is -0.330 e. The standard InChI is InChI=1S/C13H18F4N2/c1-9(11-5-3-4-6-12(11)14)19(2)8-10(7-18)13(15,16)17/h3-6,9-10H,7-8,18H2,1-2H3. The van der Waals surface area contributed by atoms with Crippen LogP contribution in [-0.4, -0.2) is 31.2 Å². The van der Waals surface area contributed by atoms with E-state index < -0.39 is 30.5 Å². The predicted molar refractivity (Wildman–Crippen MR) is 66.0 cm³/mol. The lowest BCUT2D eigenvalue weighted by Crippen LogP contribution is -2.40. The molecule has 6 heteroatoms. The fourth-order valence-electron chi connectivity index (χ4n) is 1.87. The van der Waals surface area contributed by atoms with Gasteiger partial charge in [-0.3, -0.25) is 4.90 Å². The number of rotatable bonds is 5. The summed E-state index contributed by atoms with van der Waals surface area (Å²) in [5.41, 5.74) is 5.53. The van der Waals surface area contributed by atoms with Gasteiger partial charge in [0, 0.05) is 24.7 Å². The van der Waals surface area contributed by atoms with Crippen LogP contribution in [0.25, 0.3) is 0 Å². The third-order valence-corrected chi connectivity index (χ3v) is 3.27. The normalized spacial score (nSPS) is 15.6. The number of alkyl halides is 3. The molecule has 0 saturated heterocycles. The first kappa shape index (κ1) is 15.9. The second-order valence-electron chi connectivity index (χ2n) is 4.61. The summed E-state index contributed by atoms with van der Waals surface area (Å²) in [4.78, 5) is 1.46. The van der Waals surface area contributed by atoms with Gasteiger partial charge in [0.2, 0.25) is 0 Å². The third-order valence-electron chi connectivity index (χ3n) is 3.27. The van der Waals surface area contributed by atoms with Crippen LogP contribution in [0, 0.1) is 11.7 Å². The van der Waals surface area contributed by atoms with Crippen LogP contribution in [0.3, 0.4) is 0 Å². The summed E-state index contributed by atoms with van der Waals surface area (Å²) in [5, 5.41) is 0. The van der Waals surface area contributed by atoms with E-state index in [1.807, 2.05) is 0 Å². The summed E-state index contributed by atoms with van der Waals surface area (Å²) in [6.45, 7) is 0.940. The molecule has 0 aromatic heterocycles. The molecule has 2 N–H and O–H groups in total. The van der Waals surface area contributed by atoms with Gasteiger partial charge in [-0.2, -0.15) is 13.2 Å². The van der Waals surface area contributed by atoms with E-state index in [0.29, 0.717) is 5.56 Å². The van der Waals surface area contributed by atoms with Gasteiger partial charge in [0.1, 0.15) is 5.82 Å². The van der Waals surface area contributed by atoms with Crippen molar-refractivity contribution in [3.8, 4) is 0 Å². The van der Waals surface area contributed by atoms with Gasteiger partial charge in [-0.05, 0) is 20.0 Å². The molecule has 0 saturated carbocycles. The Kier molecular flexibility index (Phi) is 5.31. The molecular weight excluding hydrogens is 260 g/mol. The van der Waals surface area contributed by atoms with Crippen molar-refractivity contribution in [2.45, 2.75) is 19.1 Å². The van der Waals surface area contributed by atoms with E-state index in [1.54, 1.807) is 25.1 Å². The molecule has 0 bridgehead atoms. The lowest BCUT2D eigenvalue weighted by Gasteiger charge is -2.30. The Hall–Kier alpha value is -1.14. The van der Waals surface area contributed by atoms with Gasteiger partial charge in [0.25, 0.3) is 0 Å². The van der Waals surface area contributed by atoms with Crippen molar-refractivity contribution in [1.29, 1.82) is 0 Å². The highest BCUT2D eigenvalue weighted by Crippen LogP contribution is 2.29. The van der Waals surface area contributed by atoms with E-state index in [1.165, 1.54) is 18.0 Å². The van der Waals surface area contributed by atoms with Crippen LogP contribution in [-0.2, 0) is 0 Å². The number of hydrogen-bond donors (Lipinski definition) is 1. The fraction of sp³-hybridized carbons (Fsp3) is 0.538. The minimum atomic E-state index is -4.34. The van der Waals surface area contributed by atoms with Crippen molar-refractivity contribution in [2.75, 3.05) is 20.1 Å². The average Bonchev–Trinajstić information content (AvgIpc) is 2.34. The molecule has 0 amide bonds. The summed E-state index contributed by atoms with van der Waals surface area (Å²) >= 11 is 0. The molecule has 1 aromatic rings. The quantitative estimate of drug-likeness (QED) is 0.839. The summed E-state index contributed by atoms with van der Waals surface area (Å²) in [5.74, 6) is -2.02. The number of benzene rings is 1. The monoisotopic (exact) mass is 278 g/mol. The van der Waals surface area contributed by atoms with E-state index in [9.17, 15) is 17.6 Å². The number of nitrogens with two attached hydrogens (primary N) is 1. The molecule has 19 heavy (non-hydrogen) atoms. The molecule has 2 nitrogen and oxygen atoms in total. The van der Waals surface area contributed by atoms with Crippen LogP contribution in [0.5, 0.6) is 0 Å². The van der Waals surface area contributed by atoms with Crippen molar-refractivity contribution in [3.63, 3.8) is 0 Å². The van der Waals surface area contributed by atoms with Crippen molar-refractivity contribution < 1.29 is 17.6 Å². The van der Waals surface area contributed by atoms with Crippen LogP contribution in [0.2, 0.25) is 0 Å². The first-order valence-electron chi connectivity index (χ1n) is 5.98. The largest absolute Gasteiger partial charge is 0.394 e. The predicted octanol–water partition coefficient (Wildman–Crippen LogP) is 2.96. The zero-order valence-electron chi connectivity index (χ0n) is 10.9. The average molecular weight is 278 g/mol. The Bertz CT molecular complexity index is 406. The minimum absolute atomic E-state index is 0.254. The van der Waals surface area contributed by atoms with Gasteiger partial charge in [0.15, 0.2) is 0 Å². The summed E-state index contributed by atoms with van der Waals surface area (Å²) in [6, 6.07) is 5.63. The molecule has 108 valence electrons. The van der Waals surface area contributed by atoms with Crippen molar-refractivity contribution in [3.05, 3.63) is 35.6 Å². The van der Waals surface area contributed by atoms with Crippen molar-refractivity contribution in [1.82, 2.24) is 4.90 Å². The van der Waals surface area contributed by atoms with Gasteiger partial charge >= 0.3 is 6.18 Å². The van der Waals surface area contributed by atoms with Gasteiger partial charge in [-0.1, -0.05) is 18.2 Å². The highest BCUT2D eigenvalue weighted by Gasteiger charge is 2.39. The van der Waals surface area contributed by atoms with E-state index in [0.717, 1.165) is 0 Å². The second-order valence-corrected chi connectivity index (χ2v) is 4.61. The number of halogens is 4. The molecular formula is C13H18F4N2.